The Morgan fingerprint density at radius 2 is 1.61 bits per heavy atom. The second-order valence-electron chi connectivity index (χ2n) is 7.96. The molecule has 3 aromatic carbocycles. The molecule has 0 aromatic heterocycles. The van der Waals surface area contributed by atoms with E-state index in [0.29, 0.717) is 17.1 Å². The van der Waals surface area contributed by atoms with Crippen LogP contribution in [0.15, 0.2) is 60.7 Å². The van der Waals surface area contributed by atoms with Gasteiger partial charge in [0.05, 0.1) is 29.6 Å². The predicted molar refractivity (Wildman–Crippen MR) is 126 cm³/mol. The number of methoxy groups -OCH3 is 1. The van der Waals surface area contributed by atoms with Crippen LogP contribution < -0.4 is 14.5 Å². The summed E-state index contributed by atoms with van der Waals surface area (Å²) in [7, 11) is 3.05. The number of hydrogen-bond donors (Lipinski definition) is 1. The number of carbonyl (C=O) groups is 3. The third-order valence-corrected chi connectivity index (χ3v) is 6.14. The Morgan fingerprint density at radius 1 is 0.970 bits per heavy atom. The number of carboxylic acid groups (broad SMARTS) is 1. The minimum Gasteiger partial charge on any atom is -0.495 e. The van der Waals surface area contributed by atoms with Crippen molar-refractivity contribution < 1.29 is 24.2 Å². The van der Waals surface area contributed by atoms with E-state index in [0.717, 1.165) is 16.7 Å². The molecular weight excluding hydrogens is 420 g/mol. The molecule has 0 fully saturated rings. The molecule has 1 heterocycles. The van der Waals surface area contributed by atoms with E-state index in [1.54, 1.807) is 13.1 Å². The van der Waals surface area contributed by atoms with Crippen molar-refractivity contribution in [1.82, 2.24) is 0 Å². The summed E-state index contributed by atoms with van der Waals surface area (Å²) in [6.07, 6.45) is 0. The lowest BCUT2D eigenvalue weighted by atomic mass is 9.99. The maximum absolute atomic E-state index is 13.4. The predicted octanol–water partition coefficient (Wildman–Crippen LogP) is 4.38. The third-order valence-electron chi connectivity index (χ3n) is 6.14. The van der Waals surface area contributed by atoms with Gasteiger partial charge >= 0.3 is 5.97 Å². The molecule has 1 aliphatic heterocycles. The highest BCUT2D eigenvalue weighted by Crippen LogP contribution is 2.39. The molecule has 0 saturated carbocycles. The Morgan fingerprint density at radius 3 is 2.21 bits per heavy atom. The number of nitrogens with zero attached hydrogens (tertiary/aromatic N) is 2. The Balaban J connectivity index is 1.80. The minimum atomic E-state index is -1.02. The van der Waals surface area contributed by atoms with Crippen molar-refractivity contribution in [2.75, 3.05) is 24.0 Å². The number of carbonyl (C=O) groups excluding carboxylic acids is 2. The fourth-order valence-corrected chi connectivity index (χ4v) is 4.08. The Kier molecular flexibility index (Phi) is 5.64. The molecule has 0 aliphatic carbocycles. The van der Waals surface area contributed by atoms with Gasteiger partial charge in [-0.15, -0.1) is 0 Å². The number of anilines is 2. The van der Waals surface area contributed by atoms with Gasteiger partial charge in [0, 0.05) is 7.05 Å². The molecule has 1 unspecified atom stereocenters. The van der Waals surface area contributed by atoms with Crippen molar-refractivity contribution >= 4 is 29.2 Å². The number of rotatable bonds is 6. The van der Waals surface area contributed by atoms with Gasteiger partial charge < -0.3 is 14.7 Å². The monoisotopic (exact) mass is 444 g/mol. The Labute approximate surface area is 191 Å². The Bertz CT molecular complexity index is 1270. The fourth-order valence-electron chi connectivity index (χ4n) is 4.08. The largest absolute Gasteiger partial charge is 0.495 e. The molecule has 3 aromatic rings. The minimum absolute atomic E-state index is 0.213. The van der Waals surface area contributed by atoms with Crippen LogP contribution in [0.3, 0.4) is 0 Å². The number of ether oxygens (including phenoxy) is 1. The number of amides is 2. The zero-order chi connectivity index (χ0) is 23.9. The maximum atomic E-state index is 13.4. The molecule has 0 radical (unpaired) electrons. The molecule has 2 amide bonds. The average molecular weight is 444 g/mol. The summed E-state index contributed by atoms with van der Waals surface area (Å²) in [6.45, 7) is 3.42. The summed E-state index contributed by atoms with van der Waals surface area (Å²) >= 11 is 0. The summed E-state index contributed by atoms with van der Waals surface area (Å²) in [5, 5.41) is 9.39. The first-order valence-electron chi connectivity index (χ1n) is 10.5. The van der Waals surface area contributed by atoms with E-state index in [9.17, 15) is 19.5 Å². The Hall–Kier alpha value is -4.13. The van der Waals surface area contributed by atoms with E-state index >= 15 is 0 Å². The average Bonchev–Trinajstić information content (AvgIpc) is 3.07. The van der Waals surface area contributed by atoms with Gasteiger partial charge in [0.15, 0.2) is 0 Å². The van der Waals surface area contributed by atoms with Crippen LogP contribution in [0.25, 0.3) is 11.1 Å². The summed E-state index contributed by atoms with van der Waals surface area (Å²) < 4.78 is 5.43. The highest BCUT2D eigenvalue weighted by Gasteiger charge is 2.39. The lowest BCUT2D eigenvalue weighted by Crippen LogP contribution is -2.36. The summed E-state index contributed by atoms with van der Waals surface area (Å²) in [5.41, 5.74) is 4.09. The van der Waals surface area contributed by atoms with Gasteiger partial charge in [-0.25, -0.2) is 9.69 Å². The van der Waals surface area contributed by atoms with Crippen LogP contribution in [0.5, 0.6) is 5.75 Å². The first kappa shape index (κ1) is 22.1. The van der Waals surface area contributed by atoms with E-state index in [1.165, 1.54) is 36.0 Å². The van der Waals surface area contributed by atoms with Gasteiger partial charge in [0.2, 0.25) is 0 Å². The van der Waals surface area contributed by atoms with Gasteiger partial charge in [0.25, 0.3) is 11.8 Å². The van der Waals surface area contributed by atoms with Gasteiger partial charge in [-0.1, -0.05) is 42.5 Å². The molecule has 7 nitrogen and oxygen atoms in total. The summed E-state index contributed by atoms with van der Waals surface area (Å²) in [5.74, 6) is -1.59. The number of hydrogen-bond acceptors (Lipinski definition) is 5. The molecular formula is C26H24N2O5. The fraction of sp³-hybridized carbons (Fsp3) is 0.192. The molecule has 0 saturated heterocycles. The van der Waals surface area contributed by atoms with Crippen LogP contribution >= 0.6 is 0 Å². The molecule has 1 N–H and O–H groups in total. The molecule has 168 valence electrons. The number of aliphatic carboxylic acids is 1. The molecule has 7 heteroatoms. The van der Waals surface area contributed by atoms with Crippen molar-refractivity contribution in [3.63, 3.8) is 0 Å². The highest BCUT2D eigenvalue weighted by molar-refractivity contribution is 6.35. The smallest absolute Gasteiger partial charge is 0.326 e. The van der Waals surface area contributed by atoms with Gasteiger partial charge in [-0.3, -0.25) is 9.59 Å². The van der Waals surface area contributed by atoms with Crippen molar-refractivity contribution in [3.05, 3.63) is 77.4 Å². The maximum Gasteiger partial charge on any atom is 0.326 e. The van der Waals surface area contributed by atoms with Crippen molar-refractivity contribution in [2.45, 2.75) is 19.9 Å². The third kappa shape index (κ3) is 3.61. The number of carboxylic acids is 1. The lowest BCUT2D eigenvalue weighted by molar-refractivity contribution is -0.138. The first-order valence-corrected chi connectivity index (χ1v) is 10.5. The van der Waals surface area contributed by atoms with E-state index in [4.69, 9.17) is 4.74 Å². The van der Waals surface area contributed by atoms with Crippen LogP contribution in [0, 0.1) is 6.92 Å². The van der Waals surface area contributed by atoms with Crippen LogP contribution in [0.2, 0.25) is 0 Å². The van der Waals surface area contributed by atoms with Crippen molar-refractivity contribution in [1.29, 1.82) is 0 Å². The summed E-state index contributed by atoms with van der Waals surface area (Å²) in [4.78, 5) is 40.9. The number of benzene rings is 3. The zero-order valence-electron chi connectivity index (χ0n) is 18.8. The van der Waals surface area contributed by atoms with Gasteiger partial charge in [0.1, 0.15) is 11.8 Å². The quantitative estimate of drug-likeness (QED) is 0.568. The van der Waals surface area contributed by atoms with E-state index in [2.05, 4.69) is 0 Å². The van der Waals surface area contributed by atoms with Crippen LogP contribution in [-0.2, 0) is 4.79 Å². The second kappa shape index (κ2) is 8.43. The SMILES string of the molecule is COc1cc2c(cc1N(C)C(C)C(=O)O)C(=O)N(c1cccc(-c3ccccc3)c1C)C2=O. The lowest BCUT2D eigenvalue weighted by Gasteiger charge is -2.25. The molecule has 4 rings (SSSR count). The normalized spacial score (nSPS) is 13.6. The molecule has 1 aliphatic rings. The topological polar surface area (TPSA) is 87.2 Å². The molecule has 33 heavy (non-hydrogen) atoms. The molecule has 0 spiro atoms. The van der Waals surface area contributed by atoms with Crippen molar-refractivity contribution in [2.24, 2.45) is 0 Å². The van der Waals surface area contributed by atoms with E-state index in [1.807, 2.05) is 49.4 Å². The zero-order valence-corrected chi connectivity index (χ0v) is 18.8. The number of imide groups is 1. The number of fused-ring (bicyclic) bond motifs is 1. The molecule has 1 atom stereocenters. The van der Waals surface area contributed by atoms with E-state index < -0.39 is 23.8 Å². The first-order chi connectivity index (χ1) is 15.8. The van der Waals surface area contributed by atoms with Crippen LogP contribution in [0.1, 0.15) is 33.2 Å². The van der Waals surface area contributed by atoms with Gasteiger partial charge in [-0.2, -0.15) is 0 Å². The summed E-state index contributed by atoms with van der Waals surface area (Å²) in [6, 6.07) is 17.5. The molecule has 0 bridgehead atoms. The second-order valence-corrected chi connectivity index (χ2v) is 7.96. The highest BCUT2D eigenvalue weighted by atomic mass is 16.5. The number of likely N-dealkylation sites (N-methyl/N-ethyl adjacent to an activating group) is 1. The van der Waals surface area contributed by atoms with Gasteiger partial charge in [-0.05, 0) is 48.7 Å². The van der Waals surface area contributed by atoms with Crippen LogP contribution in [0.4, 0.5) is 11.4 Å². The van der Waals surface area contributed by atoms with Crippen LogP contribution in [-0.4, -0.2) is 43.1 Å². The standard InChI is InChI=1S/C26H24N2O5/c1-15-18(17-9-6-5-7-10-17)11-8-12-21(15)28-24(29)19-13-22(27(3)16(2)26(31)32)23(33-4)14-20(19)25(28)30/h5-14,16H,1-4H3,(H,31,32). The van der Waals surface area contributed by atoms with E-state index in [-0.39, 0.29) is 11.1 Å². The van der Waals surface area contributed by atoms with Crippen molar-refractivity contribution in [3.8, 4) is 16.9 Å².